The first-order valence-corrected chi connectivity index (χ1v) is 10.9. The van der Waals surface area contributed by atoms with Crippen molar-refractivity contribution in [2.75, 3.05) is 12.4 Å². The van der Waals surface area contributed by atoms with Crippen molar-refractivity contribution >= 4 is 23.2 Å². The van der Waals surface area contributed by atoms with Gasteiger partial charge in [-0.2, -0.15) is 5.10 Å². The first-order valence-electron chi connectivity index (χ1n) is 10.5. The van der Waals surface area contributed by atoms with Crippen LogP contribution in [0.2, 0.25) is 5.02 Å². The molecular weight excluding hydrogens is 438 g/mol. The van der Waals surface area contributed by atoms with Gasteiger partial charge in [0, 0.05) is 16.3 Å². The second-order valence-corrected chi connectivity index (χ2v) is 7.95. The van der Waals surface area contributed by atoms with Crippen LogP contribution in [0.25, 0.3) is 0 Å². The maximum atomic E-state index is 12.8. The monoisotopic (exact) mass is 461 g/mol. The first-order chi connectivity index (χ1) is 16.0. The highest BCUT2D eigenvalue weighted by Gasteiger charge is 2.16. The summed E-state index contributed by atoms with van der Waals surface area (Å²) in [6.45, 7) is 2.76. The summed E-state index contributed by atoms with van der Waals surface area (Å²) in [4.78, 5) is 12.8. The Labute approximate surface area is 197 Å². The Kier molecular flexibility index (Phi) is 6.95. The molecule has 0 aliphatic heterocycles. The van der Waals surface area contributed by atoms with E-state index in [-0.39, 0.29) is 5.91 Å². The predicted octanol–water partition coefficient (Wildman–Crippen LogP) is 5.73. The average molecular weight is 462 g/mol. The minimum atomic E-state index is -0.312. The van der Waals surface area contributed by atoms with E-state index in [1.165, 1.54) is 0 Å². The van der Waals surface area contributed by atoms with E-state index in [1.54, 1.807) is 36.1 Å². The topological polar surface area (TPSA) is 65.4 Å². The highest BCUT2D eigenvalue weighted by atomic mass is 35.5. The van der Waals surface area contributed by atoms with Gasteiger partial charge in [-0.05, 0) is 48.9 Å². The number of carbonyl (C=O) groups is 1. The Bertz CT molecular complexity index is 1250. The highest BCUT2D eigenvalue weighted by molar-refractivity contribution is 6.30. The van der Waals surface area contributed by atoms with Gasteiger partial charge in [0.15, 0.2) is 5.69 Å². The number of halogens is 1. The van der Waals surface area contributed by atoms with Crippen molar-refractivity contribution in [2.24, 2.45) is 0 Å². The zero-order valence-corrected chi connectivity index (χ0v) is 19.2. The summed E-state index contributed by atoms with van der Waals surface area (Å²) in [5.41, 5.74) is 3.69. The lowest BCUT2D eigenvalue weighted by Crippen LogP contribution is -2.14. The average Bonchev–Trinajstić information content (AvgIpc) is 3.20. The standard InChI is InChI=1S/C26H24ClN3O3/c1-18-14-23(26(31)28-22-10-6-7-11-25(22)32-2)29-30(18)16-20-15-21(27)12-13-24(20)33-17-19-8-4-3-5-9-19/h3-15H,16-17H2,1-2H3,(H,28,31). The molecule has 7 heteroatoms. The van der Waals surface area contributed by atoms with Crippen LogP contribution in [-0.2, 0) is 13.2 Å². The second-order valence-electron chi connectivity index (χ2n) is 7.51. The normalized spacial score (nSPS) is 10.6. The fourth-order valence-electron chi connectivity index (χ4n) is 3.42. The number of aryl methyl sites for hydroxylation is 1. The van der Waals surface area contributed by atoms with E-state index in [4.69, 9.17) is 21.1 Å². The Morgan fingerprint density at radius 1 is 1.00 bits per heavy atom. The van der Waals surface area contributed by atoms with Crippen molar-refractivity contribution in [3.05, 3.63) is 106 Å². The number of rotatable bonds is 8. The molecule has 0 radical (unpaired) electrons. The summed E-state index contributed by atoms with van der Waals surface area (Å²) in [6, 6.07) is 24.5. The molecule has 1 heterocycles. The second kappa shape index (κ2) is 10.2. The van der Waals surface area contributed by atoms with Gasteiger partial charge in [0.1, 0.15) is 18.1 Å². The van der Waals surface area contributed by atoms with E-state index in [1.807, 2.05) is 61.5 Å². The van der Waals surface area contributed by atoms with Gasteiger partial charge in [0.25, 0.3) is 5.91 Å². The number of amides is 1. The fourth-order valence-corrected chi connectivity index (χ4v) is 3.62. The molecule has 0 saturated heterocycles. The summed E-state index contributed by atoms with van der Waals surface area (Å²) in [6.07, 6.45) is 0. The molecule has 0 bridgehead atoms. The molecule has 1 N–H and O–H groups in total. The molecule has 0 unspecified atom stereocenters. The van der Waals surface area contributed by atoms with Gasteiger partial charge < -0.3 is 14.8 Å². The van der Waals surface area contributed by atoms with Crippen LogP contribution >= 0.6 is 11.6 Å². The van der Waals surface area contributed by atoms with Crippen LogP contribution < -0.4 is 14.8 Å². The zero-order chi connectivity index (χ0) is 23.2. The number of para-hydroxylation sites is 2. The predicted molar refractivity (Wildman–Crippen MR) is 129 cm³/mol. The van der Waals surface area contributed by atoms with Gasteiger partial charge in [0.05, 0.1) is 19.3 Å². The molecule has 1 amide bonds. The molecule has 0 saturated carbocycles. The van der Waals surface area contributed by atoms with Crippen molar-refractivity contribution in [3.8, 4) is 11.5 Å². The maximum absolute atomic E-state index is 12.8. The molecule has 6 nitrogen and oxygen atoms in total. The molecule has 0 spiro atoms. The smallest absolute Gasteiger partial charge is 0.276 e. The molecule has 33 heavy (non-hydrogen) atoms. The van der Waals surface area contributed by atoms with Crippen LogP contribution in [0.15, 0.2) is 78.9 Å². The van der Waals surface area contributed by atoms with Gasteiger partial charge in [-0.25, -0.2) is 0 Å². The van der Waals surface area contributed by atoms with Crippen LogP contribution in [0, 0.1) is 6.92 Å². The highest BCUT2D eigenvalue weighted by Crippen LogP contribution is 2.26. The number of benzene rings is 3. The number of carbonyl (C=O) groups excluding carboxylic acids is 1. The van der Waals surface area contributed by atoms with Crippen LogP contribution in [-0.4, -0.2) is 22.8 Å². The quantitative estimate of drug-likeness (QED) is 0.363. The Hall–Kier alpha value is -3.77. The molecule has 0 aliphatic rings. The Morgan fingerprint density at radius 2 is 1.76 bits per heavy atom. The summed E-state index contributed by atoms with van der Waals surface area (Å²) in [5, 5.41) is 7.97. The minimum Gasteiger partial charge on any atom is -0.495 e. The first kappa shape index (κ1) is 22.4. The van der Waals surface area contributed by atoms with Crippen molar-refractivity contribution in [1.82, 2.24) is 9.78 Å². The fraction of sp³-hybridized carbons (Fsp3) is 0.154. The minimum absolute atomic E-state index is 0.312. The third-order valence-corrected chi connectivity index (χ3v) is 5.38. The van der Waals surface area contributed by atoms with Crippen molar-refractivity contribution < 1.29 is 14.3 Å². The van der Waals surface area contributed by atoms with Gasteiger partial charge in [-0.3, -0.25) is 9.48 Å². The van der Waals surface area contributed by atoms with E-state index in [9.17, 15) is 4.79 Å². The summed E-state index contributed by atoms with van der Waals surface area (Å²) in [5.74, 6) is 0.993. The molecule has 0 fully saturated rings. The number of anilines is 1. The van der Waals surface area contributed by atoms with Gasteiger partial charge in [-0.1, -0.05) is 54.1 Å². The zero-order valence-electron chi connectivity index (χ0n) is 18.4. The van der Waals surface area contributed by atoms with Crippen LogP contribution in [0.5, 0.6) is 11.5 Å². The van der Waals surface area contributed by atoms with E-state index < -0.39 is 0 Å². The van der Waals surface area contributed by atoms with Crippen molar-refractivity contribution in [3.63, 3.8) is 0 Å². The van der Waals surface area contributed by atoms with Crippen molar-refractivity contribution in [2.45, 2.75) is 20.1 Å². The van der Waals surface area contributed by atoms with Crippen molar-refractivity contribution in [1.29, 1.82) is 0 Å². The number of hydrogen-bond donors (Lipinski definition) is 1. The molecule has 4 aromatic rings. The Morgan fingerprint density at radius 3 is 2.55 bits per heavy atom. The number of methoxy groups -OCH3 is 1. The lowest BCUT2D eigenvalue weighted by atomic mass is 10.2. The molecule has 4 rings (SSSR count). The van der Waals surface area contributed by atoms with Gasteiger partial charge >= 0.3 is 0 Å². The largest absolute Gasteiger partial charge is 0.495 e. The molecular formula is C26H24ClN3O3. The third kappa shape index (κ3) is 5.54. The van der Waals surface area contributed by atoms with E-state index in [0.29, 0.717) is 35.3 Å². The molecule has 168 valence electrons. The lowest BCUT2D eigenvalue weighted by molar-refractivity contribution is 0.102. The van der Waals surface area contributed by atoms with E-state index in [0.717, 1.165) is 22.6 Å². The SMILES string of the molecule is COc1ccccc1NC(=O)c1cc(C)n(Cc2cc(Cl)ccc2OCc2ccccc2)n1. The van der Waals surface area contributed by atoms with E-state index >= 15 is 0 Å². The van der Waals surface area contributed by atoms with E-state index in [2.05, 4.69) is 10.4 Å². The molecule has 0 aliphatic carbocycles. The third-order valence-electron chi connectivity index (χ3n) is 5.15. The summed E-state index contributed by atoms with van der Waals surface area (Å²) >= 11 is 6.25. The van der Waals surface area contributed by atoms with Gasteiger partial charge in [0.2, 0.25) is 0 Å². The number of nitrogens with one attached hydrogen (secondary N) is 1. The summed E-state index contributed by atoms with van der Waals surface area (Å²) in [7, 11) is 1.56. The lowest BCUT2D eigenvalue weighted by Gasteiger charge is -2.13. The number of ether oxygens (including phenoxy) is 2. The van der Waals surface area contributed by atoms with Crippen LogP contribution in [0.1, 0.15) is 27.3 Å². The molecule has 3 aromatic carbocycles. The molecule has 1 aromatic heterocycles. The Balaban J connectivity index is 1.52. The number of hydrogen-bond acceptors (Lipinski definition) is 4. The van der Waals surface area contributed by atoms with Crippen LogP contribution in [0.4, 0.5) is 5.69 Å². The molecule has 0 atom stereocenters. The van der Waals surface area contributed by atoms with Gasteiger partial charge in [-0.15, -0.1) is 0 Å². The van der Waals surface area contributed by atoms with Crippen LogP contribution in [0.3, 0.4) is 0 Å². The number of nitrogens with zero attached hydrogens (tertiary/aromatic N) is 2. The maximum Gasteiger partial charge on any atom is 0.276 e. The number of aromatic nitrogens is 2. The summed E-state index contributed by atoms with van der Waals surface area (Å²) < 4.78 is 13.1.